The van der Waals surface area contributed by atoms with Gasteiger partial charge in [0, 0.05) is 5.69 Å². The summed E-state index contributed by atoms with van der Waals surface area (Å²) in [6.45, 7) is -0.636. The van der Waals surface area contributed by atoms with Crippen LogP contribution in [0.5, 0.6) is 11.5 Å². The van der Waals surface area contributed by atoms with Crippen LogP contribution in [0, 0.1) is 11.3 Å². The molecule has 29 heavy (non-hydrogen) atoms. The van der Waals surface area contributed by atoms with Crippen LogP contribution in [0.1, 0.15) is 10.4 Å². The van der Waals surface area contributed by atoms with E-state index in [2.05, 4.69) is 0 Å². The SMILES string of the molecule is N#CCN(C(=O)COC(=O)c1ccccc1Oc1ccccc1)c1ccccc1. The van der Waals surface area contributed by atoms with Crippen LogP contribution in [0.25, 0.3) is 0 Å². The summed E-state index contributed by atoms with van der Waals surface area (Å²) in [6, 6.07) is 26.4. The normalized spacial score (nSPS) is 9.90. The van der Waals surface area contributed by atoms with E-state index < -0.39 is 18.5 Å². The fourth-order valence-electron chi connectivity index (χ4n) is 2.62. The standard InChI is InChI=1S/C23H18N2O4/c24-15-16-25(18-9-3-1-4-10-18)22(26)17-28-23(27)20-13-7-8-14-21(20)29-19-11-5-2-6-12-19/h1-14H,16-17H2. The van der Waals surface area contributed by atoms with E-state index in [1.807, 2.05) is 30.3 Å². The summed E-state index contributed by atoms with van der Waals surface area (Å²) in [5.74, 6) is -0.274. The summed E-state index contributed by atoms with van der Waals surface area (Å²) in [4.78, 5) is 26.3. The molecule has 0 aliphatic rings. The molecule has 0 radical (unpaired) electrons. The molecular formula is C23H18N2O4. The number of nitrogens with zero attached hydrogens (tertiary/aromatic N) is 2. The molecule has 0 unspecified atom stereocenters. The summed E-state index contributed by atoms with van der Waals surface area (Å²) < 4.78 is 11.0. The highest BCUT2D eigenvalue weighted by molar-refractivity contribution is 5.98. The molecule has 0 fully saturated rings. The number of esters is 1. The zero-order valence-electron chi connectivity index (χ0n) is 15.5. The number of benzene rings is 3. The third-order valence-corrected chi connectivity index (χ3v) is 4.00. The Balaban J connectivity index is 1.69. The van der Waals surface area contributed by atoms with Gasteiger partial charge >= 0.3 is 5.97 Å². The minimum atomic E-state index is -0.685. The van der Waals surface area contributed by atoms with Crippen molar-refractivity contribution >= 4 is 17.6 Å². The van der Waals surface area contributed by atoms with Crippen molar-refractivity contribution in [1.82, 2.24) is 0 Å². The molecule has 0 N–H and O–H groups in total. The van der Waals surface area contributed by atoms with Gasteiger partial charge in [0.15, 0.2) is 6.61 Å². The van der Waals surface area contributed by atoms with E-state index in [-0.39, 0.29) is 12.1 Å². The molecule has 0 heterocycles. The van der Waals surface area contributed by atoms with Gasteiger partial charge in [-0.15, -0.1) is 0 Å². The monoisotopic (exact) mass is 386 g/mol. The lowest BCUT2D eigenvalue weighted by atomic mass is 10.2. The summed E-state index contributed by atoms with van der Waals surface area (Å²) in [7, 11) is 0. The van der Waals surface area contributed by atoms with Crippen LogP contribution in [0.4, 0.5) is 5.69 Å². The first kappa shape index (κ1) is 19.6. The Morgan fingerprint density at radius 2 is 1.48 bits per heavy atom. The molecule has 6 heteroatoms. The third-order valence-electron chi connectivity index (χ3n) is 4.00. The van der Waals surface area contributed by atoms with Gasteiger partial charge in [-0.25, -0.2) is 4.79 Å². The largest absolute Gasteiger partial charge is 0.456 e. The van der Waals surface area contributed by atoms with E-state index in [0.717, 1.165) is 0 Å². The van der Waals surface area contributed by atoms with E-state index >= 15 is 0 Å². The molecule has 0 saturated carbocycles. The maximum atomic E-state index is 12.5. The smallest absolute Gasteiger partial charge is 0.342 e. The quantitative estimate of drug-likeness (QED) is 0.449. The van der Waals surface area contributed by atoms with E-state index in [4.69, 9.17) is 14.7 Å². The second-order valence-corrected chi connectivity index (χ2v) is 5.96. The van der Waals surface area contributed by atoms with Gasteiger partial charge in [-0.3, -0.25) is 9.69 Å². The number of nitriles is 1. The van der Waals surface area contributed by atoms with Gasteiger partial charge in [0.1, 0.15) is 23.6 Å². The summed E-state index contributed by atoms with van der Waals surface area (Å²) in [5.41, 5.74) is 0.763. The van der Waals surface area contributed by atoms with E-state index in [9.17, 15) is 9.59 Å². The molecule has 0 aromatic heterocycles. The second kappa shape index (κ2) is 9.72. The predicted molar refractivity (Wildman–Crippen MR) is 108 cm³/mol. The molecule has 3 aromatic carbocycles. The van der Waals surface area contributed by atoms with Crippen molar-refractivity contribution in [3.63, 3.8) is 0 Å². The molecule has 0 saturated heterocycles. The molecule has 144 valence electrons. The molecule has 3 aromatic rings. The molecule has 0 spiro atoms. The van der Waals surface area contributed by atoms with Crippen molar-refractivity contribution in [3.8, 4) is 17.6 Å². The average molecular weight is 386 g/mol. The Hall–Kier alpha value is -4.11. The number of rotatable bonds is 7. The van der Waals surface area contributed by atoms with Gasteiger partial charge in [-0.05, 0) is 36.4 Å². The highest BCUT2D eigenvalue weighted by Crippen LogP contribution is 2.25. The zero-order chi connectivity index (χ0) is 20.5. The first-order valence-electron chi connectivity index (χ1n) is 8.90. The van der Waals surface area contributed by atoms with E-state index in [0.29, 0.717) is 17.2 Å². The molecule has 3 rings (SSSR count). The molecule has 0 bridgehead atoms. The second-order valence-electron chi connectivity index (χ2n) is 5.96. The Labute approximate surface area is 168 Å². The van der Waals surface area contributed by atoms with Crippen LogP contribution in [-0.4, -0.2) is 25.0 Å². The van der Waals surface area contributed by atoms with Gasteiger partial charge in [0.2, 0.25) is 0 Å². The first-order chi connectivity index (χ1) is 14.2. The number of amides is 1. The van der Waals surface area contributed by atoms with Gasteiger partial charge in [-0.1, -0.05) is 48.5 Å². The lowest BCUT2D eigenvalue weighted by Crippen LogP contribution is -2.35. The summed E-state index contributed by atoms with van der Waals surface area (Å²) in [6.07, 6.45) is 0. The molecule has 6 nitrogen and oxygen atoms in total. The topological polar surface area (TPSA) is 79.6 Å². The molecule has 1 amide bonds. The van der Waals surface area contributed by atoms with E-state index in [1.165, 1.54) is 4.90 Å². The van der Waals surface area contributed by atoms with Gasteiger partial charge in [0.05, 0.1) is 6.07 Å². The van der Waals surface area contributed by atoms with Crippen molar-refractivity contribution in [2.24, 2.45) is 0 Å². The number of anilines is 1. The lowest BCUT2D eigenvalue weighted by Gasteiger charge is -2.19. The Morgan fingerprint density at radius 3 is 2.17 bits per heavy atom. The van der Waals surface area contributed by atoms with Crippen molar-refractivity contribution < 1.29 is 19.1 Å². The van der Waals surface area contributed by atoms with Crippen LogP contribution < -0.4 is 9.64 Å². The summed E-state index contributed by atoms with van der Waals surface area (Å²) in [5, 5.41) is 9.01. The predicted octanol–water partition coefficient (Wildman–Crippen LogP) is 4.19. The minimum absolute atomic E-state index is 0.145. The Kier molecular flexibility index (Phi) is 6.58. The van der Waals surface area contributed by atoms with Crippen molar-refractivity contribution in [2.45, 2.75) is 0 Å². The van der Waals surface area contributed by atoms with Crippen molar-refractivity contribution in [3.05, 3.63) is 90.5 Å². The maximum Gasteiger partial charge on any atom is 0.342 e. The number of hydrogen-bond acceptors (Lipinski definition) is 5. The lowest BCUT2D eigenvalue weighted by molar-refractivity contribution is -0.121. The highest BCUT2D eigenvalue weighted by Gasteiger charge is 2.20. The minimum Gasteiger partial charge on any atom is -0.456 e. The van der Waals surface area contributed by atoms with Crippen LogP contribution in [0.15, 0.2) is 84.9 Å². The number of carbonyl (C=O) groups excluding carboxylic acids is 2. The van der Waals surface area contributed by atoms with Crippen LogP contribution in [0.3, 0.4) is 0 Å². The highest BCUT2D eigenvalue weighted by atomic mass is 16.5. The molecule has 0 aliphatic heterocycles. The van der Waals surface area contributed by atoms with Crippen LogP contribution >= 0.6 is 0 Å². The van der Waals surface area contributed by atoms with Crippen LogP contribution in [0.2, 0.25) is 0 Å². The van der Waals surface area contributed by atoms with Gasteiger partial charge in [0.25, 0.3) is 5.91 Å². The number of ether oxygens (including phenoxy) is 2. The van der Waals surface area contributed by atoms with Crippen LogP contribution in [-0.2, 0) is 9.53 Å². The summed E-state index contributed by atoms with van der Waals surface area (Å²) >= 11 is 0. The van der Waals surface area contributed by atoms with Gasteiger partial charge in [-0.2, -0.15) is 5.26 Å². The maximum absolute atomic E-state index is 12.5. The molecule has 0 atom stereocenters. The Bertz CT molecular complexity index is 1010. The first-order valence-corrected chi connectivity index (χ1v) is 8.90. The number of carbonyl (C=O) groups is 2. The molecular weight excluding hydrogens is 368 g/mol. The molecule has 0 aliphatic carbocycles. The van der Waals surface area contributed by atoms with Crippen molar-refractivity contribution in [1.29, 1.82) is 5.26 Å². The number of hydrogen-bond donors (Lipinski definition) is 0. The fraction of sp³-hybridized carbons (Fsp3) is 0.0870. The van der Waals surface area contributed by atoms with Gasteiger partial charge < -0.3 is 9.47 Å². The Morgan fingerprint density at radius 1 is 0.862 bits per heavy atom. The zero-order valence-corrected chi connectivity index (χ0v) is 15.5. The van der Waals surface area contributed by atoms with E-state index in [1.54, 1.807) is 60.7 Å². The average Bonchev–Trinajstić information content (AvgIpc) is 2.77. The number of para-hydroxylation sites is 3. The fourth-order valence-corrected chi connectivity index (χ4v) is 2.62. The van der Waals surface area contributed by atoms with Crippen molar-refractivity contribution in [2.75, 3.05) is 18.1 Å². The third kappa shape index (κ3) is 5.21.